The predicted octanol–water partition coefficient (Wildman–Crippen LogP) is 4.04. The van der Waals surface area contributed by atoms with Crippen molar-refractivity contribution in [3.05, 3.63) is 38.9 Å². The van der Waals surface area contributed by atoms with Crippen LogP contribution in [0.5, 0.6) is 0 Å². The number of benzene rings is 1. The van der Waals surface area contributed by atoms with E-state index >= 15 is 0 Å². The molecule has 168 valence electrons. The van der Waals surface area contributed by atoms with Crippen molar-refractivity contribution >= 4 is 45.4 Å². The molecule has 0 radical (unpaired) electrons. The SMILES string of the molecule is CC(C)(C)OC(=O)Nc1nc2c(s1)[C@@H]1COC[C@H](C2)N1c1nc2cc([N+](=O)[O-])ccc2o1. The van der Waals surface area contributed by atoms with Crippen LogP contribution in [-0.2, 0) is 15.9 Å². The molecule has 3 aromatic rings. The number of morpholine rings is 1. The highest BCUT2D eigenvalue weighted by atomic mass is 32.1. The summed E-state index contributed by atoms with van der Waals surface area (Å²) in [6, 6.07) is 4.50. The standard InChI is InChI=1S/C20H21N5O6S/c1-20(2,3)31-19(26)23-17-21-13-7-11-8-29-9-14(16(13)32-17)24(11)18-22-12-6-10(25(27)28)4-5-15(12)30-18/h4-6,11,14H,7-9H2,1-3H3,(H,21,23,26)/t11-,14-/m0/s1. The Morgan fingerprint density at radius 2 is 2.16 bits per heavy atom. The van der Waals surface area contributed by atoms with Gasteiger partial charge >= 0.3 is 6.09 Å². The molecule has 2 aliphatic rings. The summed E-state index contributed by atoms with van der Waals surface area (Å²) in [5.41, 5.74) is 1.16. The van der Waals surface area contributed by atoms with E-state index < -0.39 is 16.6 Å². The maximum Gasteiger partial charge on any atom is 0.413 e. The third kappa shape index (κ3) is 3.75. The van der Waals surface area contributed by atoms with Crippen LogP contribution in [0.4, 0.5) is 21.6 Å². The van der Waals surface area contributed by atoms with Gasteiger partial charge in [-0.15, -0.1) is 0 Å². The van der Waals surface area contributed by atoms with Gasteiger partial charge in [0.25, 0.3) is 11.7 Å². The molecular weight excluding hydrogens is 438 g/mol. The smallest absolute Gasteiger partial charge is 0.413 e. The van der Waals surface area contributed by atoms with Gasteiger partial charge in [0, 0.05) is 18.6 Å². The third-order valence-corrected chi connectivity index (χ3v) is 6.29. The number of non-ortho nitro benzene ring substituents is 1. The van der Waals surface area contributed by atoms with Crippen LogP contribution in [0.1, 0.15) is 37.4 Å². The molecule has 2 aliphatic heterocycles. The first-order valence-electron chi connectivity index (χ1n) is 10.1. The number of carbonyl (C=O) groups excluding carboxylic acids is 1. The van der Waals surface area contributed by atoms with Crippen LogP contribution in [0.3, 0.4) is 0 Å². The van der Waals surface area contributed by atoms with Crippen molar-refractivity contribution in [2.24, 2.45) is 0 Å². The second kappa shape index (κ2) is 7.41. The molecule has 11 nitrogen and oxygen atoms in total. The van der Waals surface area contributed by atoms with Crippen molar-refractivity contribution in [3.63, 3.8) is 0 Å². The summed E-state index contributed by atoms with van der Waals surface area (Å²) in [5.74, 6) is 0. The number of amides is 1. The van der Waals surface area contributed by atoms with Crippen molar-refractivity contribution in [2.75, 3.05) is 23.4 Å². The molecule has 4 heterocycles. The molecule has 5 rings (SSSR count). The number of hydrogen-bond donors (Lipinski definition) is 1. The Morgan fingerprint density at radius 3 is 2.91 bits per heavy atom. The average Bonchev–Trinajstić information content (AvgIpc) is 3.28. The number of anilines is 2. The Kier molecular flexibility index (Phi) is 4.78. The molecule has 2 bridgehead atoms. The van der Waals surface area contributed by atoms with Crippen molar-refractivity contribution in [2.45, 2.75) is 44.9 Å². The number of rotatable bonds is 3. The molecule has 2 atom stereocenters. The van der Waals surface area contributed by atoms with Crippen LogP contribution < -0.4 is 10.2 Å². The number of nitro groups is 1. The lowest BCUT2D eigenvalue weighted by atomic mass is 9.97. The largest absolute Gasteiger partial charge is 0.444 e. The van der Waals surface area contributed by atoms with Crippen LogP contribution in [0.2, 0.25) is 0 Å². The fourth-order valence-corrected chi connectivity index (χ4v) is 5.01. The molecule has 1 N–H and O–H groups in total. The van der Waals surface area contributed by atoms with Gasteiger partial charge in [0.15, 0.2) is 10.7 Å². The molecular formula is C20H21N5O6S. The van der Waals surface area contributed by atoms with E-state index in [9.17, 15) is 14.9 Å². The molecule has 1 amide bonds. The van der Waals surface area contributed by atoms with Gasteiger partial charge in [-0.2, -0.15) is 4.98 Å². The Bertz CT molecular complexity index is 1210. The van der Waals surface area contributed by atoms with E-state index in [2.05, 4.69) is 15.3 Å². The highest BCUT2D eigenvalue weighted by molar-refractivity contribution is 7.16. The lowest BCUT2D eigenvalue weighted by Crippen LogP contribution is -2.51. The predicted molar refractivity (Wildman–Crippen MR) is 116 cm³/mol. The quantitative estimate of drug-likeness (QED) is 0.455. The first kappa shape index (κ1) is 20.6. The normalized spacial score (nSPS) is 20.2. The van der Waals surface area contributed by atoms with Crippen LogP contribution >= 0.6 is 11.3 Å². The fraction of sp³-hybridized carbons (Fsp3) is 0.450. The first-order valence-corrected chi connectivity index (χ1v) is 10.9. The van der Waals surface area contributed by atoms with Crippen LogP contribution in [0, 0.1) is 10.1 Å². The summed E-state index contributed by atoms with van der Waals surface area (Å²) in [7, 11) is 0. The van der Waals surface area contributed by atoms with Gasteiger partial charge in [-0.3, -0.25) is 15.4 Å². The fourth-order valence-electron chi connectivity index (χ4n) is 3.94. The molecule has 32 heavy (non-hydrogen) atoms. The maximum atomic E-state index is 12.2. The second-order valence-electron chi connectivity index (χ2n) is 8.68. The summed E-state index contributed by atoms with van der Waals surface area (Å²) in [6.07, 6.45) is 0.0391. The topological polar surface area (TPSA) is 133 Å². The minimum atomic E-state index is -0.607. The molecule has 0 unspecified atom stereocenters. The lowest BCUT2D eigenvalue weighted by Gasteiger charge is -2.43. The number of nitrogens with zero attached hydrogens (tertiary/aromatic N) is 4. The van der Waals surface area contributed by atoms with Crippen LogP contribution in [0.25, 0.3) is 11.1 Å². The zero-order chi connectivity index (χ0) is 22.6. The monoisotopic (exact) mass is 459 g/mol. The van der Waals surface area contributed by atoms with Gasteiger partial charge in [0.2, 0.25) is 0 Å². The summed E-state index contributed by atoms with van der Waals surface area (Å²) >= 11 is 1.37. The number of ether oxygens (including phenoxy) is 2. The highest BCUT2D eigenvalue weighted by Crippen LogP contribution is 2.44. The number of nitrogens with one attached hydrogen (secondary N) is 1. The van der Waals surface area contributed by atoms with E-state index in [1.54, 1.807) is 26.8 Å². The van der Waals surface area contributed by atoms with Gasteiger partial charge in [-0.1, -0.05) is 11.3 Å². The van der Waals surface area contributed by atoms with Crippen molar-refractivity contribution in [1.82, 2.24) is 9.97 Å². The highest BCUT2D eigenvalue weighted by Gasteiger charge is 2.43. The van der Waals surface area contributed by atoms with E-state index in [0.29, 0.717) is 41.9 Å². The molecule has 2 aromatic heterocycles. The number of oxazole rings is 1. The van der Waals surface area contributed by atoms with Gasteiger partial charge in [0.05, 0.1) is 40.8 Å². The number of fused-ring (bicyclic) bond motifs is 5. The maximum absolute atomic E-state index is 12.2. The Balaban J connectivity index is 1.45. The van der Waals surface area contributed by atoms with Gasteiger partial charge in [-0.25, -0.2) is 9.78 Å². The number of carbonyl (C=O) groups is 1. The Morgan fingerprint density at radius 1 is 1.34 bits per heavy atom. The molecule has 0 saturated carbocycles. The minimum Gasteiger partial charge on any atom is -0.444 e. The number of aromatic nitrogens is 2. The molecule has 1 saturated heterocycles. The molecule has 0 spiro atoms. The van der Waals surface area contributed by atoms with E-state index in [4.69, 9.17) is 13.9 Å². The van der Waals surface area contributed by atoms with Gasteiger partial charge in [-0.05, 0) is 26.8 Å². The lowest BCUT2D eigenvalue weighted by molar-refractivity contribution is -0.384. The number of nitro benzene ring substituents is 1. The van der Waals surface area contributed by atoms with Gasteiger partial charge in [0.1, 0.15) is 11.1 Å². The Hall–Kier alpha value is -3.25. The van der Waals surface area contributed by atoms with Crippen molar-refractivity contribution in [1.29, 1.82) is 0 Å². The summed E-state index contributed by atoms with van der Waals surface area (Å²) in [5, 5.41) is 14.3. The van der Waals surface area contributed by atoms with E-state index in [1.807, 2.05) is 4.90 Å². The second-order valence-corrected chi connectivity index (χ2v) is 9.71. The number of hydrogen-bond acceptors (Lipinski definition) is 10. The van der Waals surface area contributed by atoms with Crippen molar-refractivity contribution in [3.8, 4) is 0 Å². The molecule has 1 aromatic carbocycles. The summed E-state index contributed by atoms with van der Waals surface area (Å²) in [4.78, 5) is 34.9. The van der Waals surface area contributed by atoms with Crippen molar-refractivity contribution < 1.29 is 23.6 Å². The third-order valence-electron chi connectivity index (χ3n) is 5.17. The molecule has 1 fully saturated rings. The molecule has 0 aliphatic carbocycles. The average molecular weight is 459 g/mol. The zero-order valence-electron chi connectivity index (χ0n) is 17.7. The zero-order valence-corrected chi connectivity index (χ0v) is 18.5. The van der Waals surface area contributed by atoms with E-state index in [-0.39, 0.29) is 17.8 Å². The molecule has 12 heteroatoms. The first-order chi connectivity index (χ1) is 15.2. The van der Waals surface area contributed by atoms with E-state index in [1.165, 1.54) is 23.5 Å². The summed E-state index contributed by atoms with van der Waals surface area (Å²) in [6.45, 7) is 6.28. The Labute approximate surface area is 186 Å². The van der Waals surface area contributed by atoms with Crippen LogP contribution in [-0.4, -0.2) is 45.8 Å². The van der Waals surface area contributed by atoms with Crippen LogP contribution in [0.15, 0.2) is 22.6 Å². The number of thiazole rings is 1. The summed E-state index contributed by atoms with van der Waals surface area (Å²) < 4.78 is 17.1. The minimum absolute atomic E-state index is 0.0397. The van der Waals surface area contributed by atoms with E-state index in [0.717, 1.165) is 10.6 Å². The van der Waals surface area contributed by atoms with Gasteiger partial charge < -0.3 is 18.8 Å².